The predicted molar refractivity (Wildman–Crippen MR) is 174 cm³/mol. The molecule has 0 radical (unpaired) electrons. The van der Waals surface area contributed by atoms with Gasteiger partial charge in [-0.25, -0.2) is 19.9 Å². The lowest BCUT2D eigenvalue weighted by Crippen LogP contribution is -2.33. The van der Waals surface area contributed by atoms with E-state index in [2.05, 4.69) is 86.2 Å². The van der Waals surface area contributed by atoms with Crippen molar-refractivity contribution in [1.82, 2.24) is 61.5 Å². The van der Waals surface area contributed by atoms with Crippen molar-refractivity contribution in [2.75, 3.05) is 11.5 Å². The number of carbonyl (C=O) groups is 2. The minimum atomic E-state index is -0.301. The van der Waals surface area contributed by atoms with E-state index in [1.807, 2.05) is 0 Å². The number of nitrogens with two attached hydrogens (primary N) is 3. The van der Waals surface area contributed by atoms with E-state index in [1.165, 1.54) is 12.4 Å². The van der Waals surface area contributed by atoms with Crippen LogP contribution < -0.4 is 49.3 Å². The zero-order chi connectivity index (χ0) is 33.6. The van der Waals surface area contributed by atoms with Crippen molar-refractivity contribution in [2.24, 2.45) is 10.7 Å². The maximum absolute atomic E-state index is 11.0. The maximum atomic E-state index is 11.0. The third-order valence-corrected chi connectivity index (χ3v) is 5.29. The number of aromatic nitrogens is 7. The average Bonchev–Trinajstić information content (AvgIpc) is 3.67. The molecule has 0 unspecified atom stereocenters. The molecule has 0 fully saturated rings. The van der Waals surface area contributed by atoms with Crippen LogP contribution >= 0.6 is 0 Å². The van der Waals surface area contributed by atoms with Gasteiger partial charge in [0.05, 0.1) is 18.3 Å². The summed E-state index contributed by atoms with van der Waals surface area (Å²) < 4.78 is 0. The Balaban J connectivity index is 0.000000158. The van der Waals surface area contributed by atoms with Crippen molar-refractivity contribution in [2.45, 2.75) is 6.92 Å². The quantitative estimate of drug-likeness (QED) is 0.117. The highest BCUT2D eigenvalue weighted by Gasteiger charge is 2.08. The number of amides is 2. The molecule has 46 heavy (non-hydrogen) atoms. The van der Waals surface area contributed by atoms with E-state index >= 15 is 0 Å². The van der Waals surface area contributed by atoms with Crippen LogP contribution in [0.3, 0.4) is 0 Å². The first kappa shape index (κ1) is 33.3. The molecule has 0 saturated heterocycles. The molecule has 0 aliphatic carbocycles. The summed E-state index contributed by atoms with van der Waals surface area (Å²) in [6.45, 7) is 12.2. The van der Waals surface area contributed by atoms with E-state index < -0.39 is 0 Å². The second kappa shape index (κ2) is 15.9. The number of nitrogens with one attached hydrogen (secondary N) is 8. The molecule has 0 atom stereocenters. The van der Waals surface area contributed by atoms with Crippen LogP contribution in [0.25, 0.3) is 22.3 Å². The Kier molecular flexibility index (Phi) is 11.5. The molecule has 19 nitrogen and oxygen atoms in total. The van der Waals surface area contributed by atoms with Gasteiger partial charge in [-0.2, -0.15) is 4.98 Å². The van der Waals surface area contributed by atoms with Crippen LogP contribution in [0.15, 0.2) is 108 Å². The van der Waals surface area contributed by atoms with Gasteiger partial charge in [-0.3, -0.25) is 19.4 Å². The number of anilines is 2. The number of imidazole rings is 2. The molecule has 14 N–H and O–H groups in total. The van der Waals surface area contributed by atoms with Gasteiger partial charge in [0.25, 0.3) is 17.4 Å². The first-order valence-electron chi connectivity index (χ1n) is 13.0. The lowest BCUT2D eigenvalue weighted by Gasteiger charge is -2.13. The summed E-state index contributed by atoms with van der Waals surface area (Å²) in [5.74, 6) is 2.00. The minimum Gasteiger partial charge on any atom is -0.397 e. The Hall–Kier alpha value is -7.18. The van der Waals surface area contributed by atoms with Crippen LogP contribution in [-0.4, -0.2) is 52.5 Å². The average molecular weight is 629 g/mol. The number of H-pyrrole nitrogens is 3. The third-order valence-electron chi connectivity index (χ3n) is 5.29. The molecular formula is C27H32N16O3. The second-order valence-corrected chi connectivity index (χ2v) is 8.86. The summed E-state index contributed by atoms with van der Waals surface area (Å²) in [5, 5.41) is 13.2. The molecule has 7 heterocycles. The Morgan fingerprint density at radius 2 is 1.46 bits per heavy atom. The number of pyridine rings is 1. The molecule has 238 valence electrons. The molecule has 0 spiro atoms. The number of fused-ring (bicyclic) bond motifs is 2. The summed E-state index contributed by atoms with van der Waals surface area (Å²) in [6, 6.07) is 1.74. The first-order valence-corrected chi connectivity index (χ1v) is 13.0. The SMILES string of the molecule is C=C1N=C(N)C=CN1.C=C1NC=C(C)C(=O)N1.C=C1NC=CC(=O)N1.Nc1ccnc2nc[nH]c12.Nc1nc2nc[nH]c2c(=O)[nH]1. The molecule has 7 rings (SSSR count). The summed E-state index contributed by atoms with van der Waals surface area (Å²) in [6.07, 6.45) is 12.6. The monoisotopic (exact) mass is 628 g/mol. The van der Waals surface area contributed by atoms with E-state index in [0.29, 0.717) is 51.4 Å². The van der Waals surface area contributed by atoms with Crippen LogP contribution in [0.5, 0.6) is 0 Å². The van der Waals surface area contributed by atoms with E-state index in [0.717, 1.165) is 5.52 Å². The zero-order valence-corrected chi connectivity index (χ0v) is 24.5. The van der Waals surface area contributed by atoms with Crippen molar-refractivity contribution in [3.05, 3.63) is 109 Å². The Morgan fingerprint density at radius 1 is 0.783 bits per heavy atom. The van der Waals surface area contributed by atoms with Crippen molar-refractivity contribution in [3.8, 4) is 0 Å². The Morgan fingerprint density at radius 3 is 2.02 bits per heavy atom. The van der Waals surface area contributed by atoms with E-state index in [4.69, 9.17) is 17.2 Å². The number of hydrogen-bond acceptors (Lipinski definition) is 14. The number of aliphatic imine (C=N–C) groups is 1. The van der Waals surface area contributed by atoms with Gasteiger partial charge in [-0.05, 0) is 19.1 Å². The van der Waals surface area contributed by atoms with Gasteiger partial charge in [0.1, 0.15) is 28.8 Å². The van der Waals surface area contributed by atoms with Crippen molar-refractivity contribution in [3.63, 3.8) is 0 Å². The van der Waals surface area contributed by atoms with Crippen molar-refractivity contribution < 1.29 is 9.59 Å². The number of aromatic amines is 3. The van der Waals surface area contributed by atoms with Crippen LogP contribution in [-0.2, 0) is 9.59 Å². The molecule has 0 bridgehead atoms. The van der Waals surface area contributed by atoms with E-state index in [-0.39, 0.29) is 23.3 Å². The van der Waals surface area contributed by atoms with Crippen molar-refractivity contribution in [1.29, 1.82) is 0 Å². The molecular weight excluding hydrogens is 596 g/mol. The minimum absolute atomic E-state index is 0.0783. The van der Waals surface area contributed by atoms with Gasteiger partial charge in [-0.15, -0.1) is 0 Å². The maximum Gasteiger partial charge on any atom is 0.278 e. The highest BCUT2D eigenvalue weighted by molar-refractivity contribution is 5.94. The summed E-state index contributed by atoms with van der Waals surface area (Å²) in [5.41, 5.74) is 19.4. The molecule has 3 aliphatic heterocycles. The number of nitrogens with zero attached hydrogens (tertiary/aromatic N) is 5. The molecule has 19 heteroatoms. The van der Waals surface area contributed by atoms with Gasteiger partial charge in [0.15, 0.2) is 16.8 Å². The van der Waals surface area contributed by atoms with Gasteiger partial charge in [-0.1, -0.05) is 19.7 Å². The largest absolute Gasteiger partial charge is 0.397 e. The second-order valence-electron chi connectivity index (χ2n) is 8.86. The van der Waals surface area contributed by atoms with Gasteiger partial charge in [0.2, 0.25) is 5.95 Å². The van der Waals surface area contributed by atoms with Crippen LogP contribution in [0, 0.1) is 0 Å². The predicted octanol–water partition coefficient (Wildman–Crippen LogP) is -0.528. The number of nitrogen functional groups attached to an aromatic ring is 2. The number of carbonyl (C=O) groups excluding carboxylic acids is 2. The fourth-order valence-electron chi connectivity index (χ4n) is 3.15. The molecule has 0 saturated carbocycles. The highest BCUT2D eigenvalue weighted by atomic mass is 16.2. The summed E-state index contributed by atoms with van der Waals surface area (Å²) in [7, 11) is 0. The summed E-state index contributed by atoms with van der Waals surface area (Å²) >= 11 is 0. The standard InChI is InChI=1S/C6H6N4.C6H8N2O.C5H5N5O.C5H7N3.C5H6N2O/c7-4-1-2-8-6-5(4)9-3-10-6;1-4-3-7-5(2)8-6(4)9;6-5-9-3-2(4(11)10-5)7-1-8-3;1-4-7-3-2-5(6)8-4;1-4-6-3-2-5(8)7-4/h1-3H,(H3,7,8,9,10);3,7H,2H2,1H3,(H,8,9);1H,(H4,6,7,8,9,10,11);2-3,7H,1H2,(H2,6,8);2-3,6H,1H2,(H,7,8). The highest BCUT2D eigenvalue weighted by Crippen LogP contribution is 2.12. The normalized spacial score (nSPS) is 14.4. The van der Waals surface area contributed by atoms with Crippen LogP contribution in [0.2, 0.25) is 0 Å². The van der Waals surface area contributed by atoms with Gasteiger partial charge < -0.3 is 53.8 Å². The molecule has 4 aromatic heterocycles. The van der Waals surface area contributed by atoms with E-state index in [9.17, 15) is 14.4 Å². The molecule has 0 aromatic carbocycles. The van der Waals surface area contributed by atoms with Crippen LogP contribution in [0.4, 0.5) is 11.6 Å². The number of amidine groups is 1. The fourth-order valence-corrected chi connectivity index (χ4v) is 3.15. The molecule has 4 aromatic rings. The Labute approximate surface area is 260 Å². The first-order chi connectivity index (χ1) is 21.9. The van der Waals surface area contributed by atoms with Gasteiger partial charge >= 0.3 is 0 Å². The fraction of sp³-hybridized carbons (Fsp3) is 0.0370. The van der Waals surface area contributed by atoms with Crippen molar-refractivity contribution >= 4 is 51.6 Å². The smallest absolute Gasteiger partial charge is 0.278 e. The Bertz CT molecular complexity index is 1940. The lowest BCUT2D eigenvalue weighted by molar-refractivity contribution is -0.117. The topological polar surface area (TPSA) is 301 Å². The molecule has 2 amide bonds. The zero-order valence-electron chi connectivity index (χ0n) is 24.5. The number of rotatable bonds is 0. The summed E-state index contributed by atoms with van der Waals surface area (Å²) in [4.78, 5) is 59.2. The van der Waals surface area contributed by atoms with Gasteiger partial charge in [0, 0.05) is 36.4 Å². The third kappa shape index (κ3) is 10.3. The van der Waals surface area contributed by atoms with Crippen LogP contribution in [0.1, 0.15) is 6.92 Å². The van der Waals surface area contributed by atoms with E-state index in [1.54, 1.807) is 50.2 Å². The lowest BCUT2D eigenvalue weighted by atomic mass is 10.3. The number of hydrogen-bond donors (Lipinski definition) is 11. The molecule has 3 aliphatic rings.